The number of nitrogens with two attached hydrogens (primary N) is 1. The zero-order chi connectivity index (χ0) is 9.68. The van der Waals surface area contributed by atoms with Crippen LogP contribution >= 0.6 is 15.9 Å². The highest BCUT2D eigenvalue weighted by Crippen LogP contribution is 2.17. The molecule has 0 radical (unpaired) electrons. The molecule has 0 fully saturated rings. The summed E-state index contributed by atoms with van der Waals surface area (Å²) in [4.78, 5) is 0. The van der Waals surface area contributed by atoms with Gasteiger partial charge in [-0.1, -0.05) is 27.8 Å². The van der Waals surface area contributed by atoms with Gasteiger partial charge in [0.25, 0.3) is 0 Å². The average Bonchev–Trinajstić information content (AvgIpc) is 2.11. The van der Waals surface area contributed by atoms with E-state index in [-0.39, 0.29) is 6.42 Å². The second kappa shape index (κ2) is 4.54. The minimum atomic E-state index is 0.228. The highest BCUT2D eigenvalue weighted by Gasteiger charge is 1.94. The number of rotatable bonds is 0. The number of anilines is 1. The smallest absolute Gasteiger partial charge is 0.0966 e. The minimum absolute atomic E-state index is 0.228. The Kier molecular flexibility index (Phi) is 3.37. The zero-order valence-corrected chi connectivity index (χ0v) is 8.43. The lowest BCUT2D eigenvalue weighted by molar-refractivity contribution is 1.39. The summed E-state index contributed by atoms with van der Waals surface area (Å²) < 4.78 is 0.933. The summed E-state index contributed by atoms with van der Waals surface area (Å²) in [6, 6.07) is 7.41. The molecular formula is C10H7BrN2. The fourth-order valence-electron chi connectivity index (χ4n) is 0.816. The van der Waals surface area contributed by atoms with Crippen LogP contribution in [0.5, 0.6) is 0 Å². The first-order valence-electron chi connectivity index (χ1n) is 3.65. The Balaban J connectivity index is 2.97. The van der Waals surface area contributed by atoms with Crippen LogP contribution in [0.25, 0.3) is 0 Å². The summed E-state index contributed by atoms with van der Waals surface area (Å²) in [5.74, 6) is 5.53. The Hall–Kier alpha value is -1.45. The maximum atomic E-state index is 8.28. The highest BCUT2D eigenvalue weighted by atomic mass is 79.9. The van der Waals surface area contributed by atoms with Gasteiger partial charge in [-0.15, -0.1) is 0 Å². The van der Waals surface area contributed by atoms with E-state index >= 15 is 0 Å². The molecule has 0 aromatic heterocycles. The van der Waals surface area contributed by atoms with Gasteiger partial charge in [0.05, 0.1) is 12.5 Å². The molecule has 1 aromatic carbocycles. The average molecular weight is 235 g/mol. The van der Waals surface area contributed by atoms with Crippen molar-refractivity contribution >= 4 is 21.6 Å². The zero-order valence-electron chi connectivity index (χ0n) is 6.84. The number of halogens is 1. The van der Waals surface area contributed by atoms with E-state index in [0.717, 1.165) is 10.0 Å². The first-order valence-corrected chi connectivity index (χ1v) is 4.44. The summed E-state index contributed by atoms with van der Waals surface area (Å²) in [6.07, 6.45) is 0.228. The van der Waals surface area contributed by atoms with E-state index in [2.05, 4.69) is 27.8 Å². The molecule has 0 atom stereocenters. The molecule has 3 heteroatoms. The molecule has 2 nitrogen and oxygen atoms in total. The third-order valence-corrected chi connectivity index (χ3v) is 1.90. The molecule has 0 aliphatic carbocycles. The normalized spacial score (nSPS) is 8.31. The molecular weight excluding hydrogens is 228 g/mol. The lowest BCUT2D eigenvalue weighted by Gasteiger charge is -1.97. The van der Waals surface area contributed by atoms with Gasteiger partial charge in [0.2, 0.25) is 0 Å². The first-order chi connectivity index (χ1) is 6.24. The van der Waals surface area contributed by atoms with Crippen LogP contribution in [0.3, 0.4) is 0 Å². The predicted molar refractivity (Wildman–Crippen MR) is 55.7 cm³/mol. The Morgan fingerprint density at radius 3 is 2.92 bits per heavy atom. The van der Waals surface area contributed by atoms with Crippen molar-refractivity contribution < 1.29 is 0 Å². The molecule has 0 saturated carbocycles. The molecule has 0 saturated heterocycles. The lowest BCUT2D eigenvalue weighted by atomic mass is 10.2. The van der Waals surface area contributed by atoms with E-state index in [1.54, 1.807) is 6.07 Å². The maximum Gasteiger partial charge on any atom is 0.0966 e. The van der Waals surface area contributed by atoms with Gasteiger partial charge in [0.15, 0.2) is 0 Å². The van der Waals surface area contributed by atoms with Gasteiger partial charge in [-0.05, 0) is 18.2 Å². The van der Waals surface area contributed by atoms with Crippen molar-refractivity contribution in [2.45, 2.75) is 6.42 Å². The summed E-state index contributed by atoms with van der Waals surface area (Å²) >= 11 is 3.32. The second-order valence-corrected chi connectivity index (χ2v) is 3.28. The number of nitrogens with zero attached hydrogens (tertiary/aromatic N) is 1. The van der Waals surface area contributed by atoms with Crippen molar-refractivity contribution in [1.82, 2.24) is 0 Å². The van der Waals surface area contributed by atoms with Crippen LogP contribution < -0.4 is 5.73 Å². The molecule has 0 aliphatic heterocycles. The summed E-state index contributed by atoms with van der Waals surface area (Å²) in [6.45, 7) is 0. The maximum absolute atomic E-state index is 8.28. The molecule has 64 valence electrons. The third kappa shape index (κ3) is 2.82. The van der Waals surface area contributed by atoms with Crippen LogP contribution in [0.4, 0.5) is 5.69 Å². The molecule has 0 unspecified atom stereocenters. The van der Waals surface area contributed by atoms with E-state index in [4.69, 9.17) is 11.0 Å². The second-order valence-electron chi connectivity index (χ2n) is 2.37. The molecule has 0 amide bonds. The minimum Gasteiger partial charge on any atom is -0.398 e. The Morgan fingerprint density at radius 2 is 2.23 bits per heavy atom. The van der Waals surface area contributed by atoms with Gasteiger partial charge in [-0.25, -0.2) is 0 Å². The van der Waals surface area contributed by atoms with Gasteiger partial charge in [0, 0.05) is 15.7 Å². The topological polar surface area (TPSA) is 49.8 Å². The van der Waals surface area contributed by atoms with Crippen LogP contribution in [0.1, 0.15) is 12.0 Å². The van der Waals surface area contributed by atoms with E-state index in [1.165, 1.54) is 0 Å². The number of nitriles is 1. The monoisotopic (exact) mass is 234 g/mol. The van der Waals surface area contributed by atoms with Crippen molar-refractivity contribution in [3.63, 3.8) is 0 Å². The molecule has 0 bridgehead atoms. The summed E-state index contributed by atoms with van der Waals surface area (Å²) in [7, 11) is 0. The van der Waals surface area contributed by atoms with E-state index in [9.17, 15) is 0 Å². The number of nitrogen functional groups attached to an aromatic ring is 1. The van der Waals surface area contributed by atoms with Crippen LogP contribution in [0, 0.1) is 23.2 Å². The third-order valence-electron chi connectivity index (χ3n) is 1.41. The molecule has 0 aliphatic rings. The first kappa shape index (κ1) is 9.64. The van der Waals surface area contributed by atoms with Gasteiger partial charge in [0.1, 0.15) is 0 Å². The van der Waals surface area contributed by atoms with E-state index in [1.807, 2.05) is 18.2 Å². The molecule has 1 rings (SSSR count). The molecule has 1 aromatic rings. The van der Waals surface area contributed by atoms with Crippen LogP contribution in [-0.2, 0) is 0 Å². The fourth-order valence-corrected chi connectivity index (χ4v) is 1.18. The van der Waals surface area contributed by atoms with Crippen LogP contribution in [0.15, 0.2) is 22.7 Å². The van der Waals surface area contributed by atoms with Gasteiger partial charge >= 0.3 is 0 Å². The fraction of sp³-hybridized carbons (Fsp3) is 0.100. The van der Waals surface area contributed by atoms with Crippen molar-refractivity contribution in [2.24, 2.45) is 0 Å². The van der Waals surface area contributed by atoms with Crippen molar-refractivity contribution in [1.29, 1.82) is 5.26 Å². The van der Waals surface area contributed by atoms with Crippen LogP contribution in [0.2, 0.25) is 0 Å². The van der Waals surface area contributed by atoms with Gasteiger partial charge < -0.3 is 5.73 Å². The van der Waals surface area contributed by atoms with Crippen molar-refractivity contribution in [3.05, 3.63) is 28.2 Å². The summed E-state index contributed by atoms with van der Waals surface area (Å²) in [5, 5.41) is 8.28. The van der Waals surface area contributed by atoms with E-state index in [0.29, 0.717) is 5.69 Å². The van der Waals surface area contributed by atoms with Crippen molar-refractivity contribution in [3.8, 4) is 17.9 Å². The Bertz CT molecular complexity index is 407. The highest BCUT2D eigenvalue weighted by molar-refractivity contribution is 9.10. The summed E-state index contributed by atoms with van der Waals surface area (Å²) in [5.41, 5.74) is 7.05. The van der Waals surface area contributed by atoms with Crippen molar-refractivity contribution in [2.75, 3.05) is 5.73 Å². The Labute approximate surface area is 85.5 Å². The molecule has 0 spiro atoms. The van der Waals surface area contributed by atoms with Gasteiger partial charge in [-0.3, -0.25) is 0 Å². The predicted octanol–water partition coefficient (Wildman–Crippen LogP) is 2.30. The van der Waals surface area contributed by atoms with Crippen LogP contribution in [-0.4, -0.2) is 0 Å². The number of hydrogen-bond acceptors (Lipinski definition) is 2. The van der Waals surface area contributed by atoms with E-state index < -0.39 is 0 Å². The lowest BCUT2D eigenvalue weighted by Crippen LogP contribution is -1.89. The quantitative estimate of drug-likeness (QED) is 0.554. The molecule has 13 heavy (non-hydrogen) atoms. The molecule has 0 heterocycles. The number of benzene rings is 1. The Morgan fingerprint density at radius 1 is 1.46 bits per heavy atom. The molecule has 2 N–H and O–H groups in total. The van der Waals surface area contributed by atoms with Gasteiger partial charge in [-0.2, -0.15) is 5.26 Å². The largest absolute Gasteiger partial charge is 0.398 e. The SMILES string of the molecule is N#CCC#Cc1cc(Br)ccc1N. The standard InChI is InChI=1S/C10H7BrN2/c11-9-4-5-10(13)8(7-9)3-1-2-6-12/h4-5,7H,2,13H2. The number of hydrogen-bond donors (Lipinski definition) is 1.